The van der Waals surface area contributed by atoms with Gasteiger partial charge in [0.2, 0.25) is 0 Å². The average Bonchev–Trinajstić information content (AvgIpc) is 3.03. The number of hydrogen-bond acceptors (Lipinski definition) is 4. The Hall–Kier alpha value is -3.18. The molecule has 133 valence electrons. The van der Waals surface area contributed by atoms with E-state index in [1.807, 2.05) is 36.4 Å². The molecule has 0 amide bonds. The molecule has 27 heavy (non-hydrogen) atoms. The van der Waals surface area contributed by atoms with Crippen molar-refractivity contribution < 1.29 is 9.53 Å². The number of thiazole rings is 1. The van der Waals surface area contributed by atoms with E-state index in [-0.39, 0.29) is 10.7 Å². The number of nitrogens with zero attached hydrogens (tertiary/aromatic N) is 1. The lowest BCUT2D eigenvalue weighted by atomic mass is 10.0. The number of fused-ring (bicyclic) bond motifs is 1. The summed E-state index contributed by atoms with van der Waals surface area (Å²) in [6, 6.07) is 24.7. The van der Waals surface area contributed by atoms with Gasteiger partial charge in [0.25, 0.3) is 0 Å². The van der Waals surface area contributed by atoms with Gasteiger partial charge in [0.05, 0.1) is 16.8 Å². The van der Waals surface area contributed by atoms with Crippen molar-refractivity contribution in [3.8, 4) is 5.75 Å². The van der Waals surface area contributed by atoms with Crippen LogP contribution in [0.25, 0.3) is 10.2 Å². The summed E-state index contributed by atoms with van der Waals surface area (Å²) in [7, 11) is 0. The van der Waals surface area contributed by atoms with Crippen molar-refractivity contribution in [2.24, 2.45) is 0 Å². The van der Waals surface area contributed by atoms with Crippen LogP contribution in [0.3, 0.4) is 0 Å². The third-order valence-electron chi connectivity index (χ3n) is 4.24. The zero-order chi connectivity index (χ0) is 18.6. The first kappa shape index (κ1) is 17.2. The van der Waals surface area contributed by atoms with Crippen LogP contribution in [0.5, 0.6) is 5.75 Å². The molecule has 0 spiro atoms. The highest BCUT2D eigenvalue weighted by molar-refractivity contribution is 7.16. The number of carbonyl (C=O) groups excluding carboxylic acids is 1. The molecule has 0 fully saturated rings. The van der Waals surface area contributed by atoms with Gasteiger partial charge in [-0.1, -0.05) is 53.8 Å². The Balaban J connectivity index is 1.56. The monoisotopic (exact) mass is 374 g/mol. The van der Waals surface area contributed by atoms with Gasteiger partial charge in [-0.2, -0.15) is 0 Å². The molecular weight excluding hydrogens is 358 g/mol. The maximum atomic E-state index is 12.6. The van der Waals surface area contributed by atoms with Crippen LogP contribution in [-0.2, 0) is 6.54 Å². The van der Waals surface area contributed by atoms with Crippen LogP contribution in [0.15, 0.2) is 77.6 Å². The maximum absolute atomic E-state index is 12.6. The molecule has 5 heteroatoms. The van der Waals surface area contributed by atoms with Crippen LogP contribution < -0.4 is 9.61 Å². The lowest BCUT2D eigenvalue weighted by molar-refractivity contribution is 0.103. The quantitative estimate of drug-likeness (QED) is 0.476. The zero-order valence-corrected chi connectivity index (χ0v) is 15.2. The minimum Gasteiger partial charge on any atom is -0.492 e. The van der Waals surface area contributed by atoms with Crippen molar-refractivity contribution in [3.63, 3.8) is 0 Å². The van der Waals surface area contributed by atoms with E-state index in [1.54, 1.807) is 41.0 Å². The van der Waals surface area contributed by atoms with E-state index in [4.69, 9.17) is 4.74 Å². The summed E-state index contributed by atoms with van der Waals surface area (Å²) in [6.07, 6.45) is 0. The molecule has 0 aliphatic rings. The summed E-state index contributed by atoms with van der Waals surface area (Å²) in [5, 5.41) is 0. The van der Waals surface area contributed by atoms with E-state index in [1.165, 1.54) is 0 Å². The molecule has 0 saturated heterocycles. The van der Waals surface area contributed by atoms with Crippen molar-refractivity contribution in [3.05, 3.63) is 99.7 Å². The third kappa shape index (κ3) is 3.68. The lowest BCUT2D eigenvalue weighted by Gasteiger charge is -2.07. The molecule has 0 bridgehead atoms. The largest absolute Gasteiger partial charge is 0.492 e. The molecule has 0 saturated carbocycles. The van der Waals surface area contributed by atoms with Crippen LogP contribution in [0.4, 0.5) is 0 Å². The normalized spacial score (nSPS) is 10.8. The number of ketones is 1. The van der Waals surface area contributed by atoms with Gasteiger partial charge in [-0.3, -0.25) is 14.2 Å². The highest BCUT2D eigenvalue weighted by Gasteiger charge is 2.13. The Kier molecular flexibility index (Phi) is 4.85. The van der Waals surface area contributed by atoms with Crippen molar-refractivity contribution in [2.45, 2.75) is 6.54 Å². The van der Waals surface area contributed by atoms with Crippen molar-refractivity contribution in [1.82, 2.24) is 4.57 Å². The van der Waals surface area contributed by atoms with Gasteiger partial charge in [0, 0.05) is 11.1 Å². The molecule has 3 aromatic carbocycles. The first-order valence-corrected chi connectivity index (χ1v) is 9.36. The Bertz CT molecular complexity index is 1130. The van der Waals surface area contributed by atoms with Gasteiger partial charge in [0.1, 0.15) is 12.4 Å². The molecule has 4 nitrogen and oxygen atoms in total. The maximum Gasteiger partial charge on any atom is 0.308 e. The zero-order valence-electron chi connectivity index (χ0n) is 14.4. The highest BCUT2D eigenvalue weighted by Crippen LogP contribution is 2.21. The van der Waals surface area contributed by atoms with Crippen molar-refractivity contribution in [1.29, 1.82) is 0 Å². The molecular formula is C22H16NO3S. The third-order valence-corrected chi connectivity index (χ3v) is 5.18. The van der Waals surface area contributed by atoms with Gasteiger partial charge in [-0.15, -0.1) is 0 Å². The fourth-order valence-corrected chi connectivity index (χ4v) is 3.85. The number of rotatable bonds is 6. The highest BCUT2D eigenvalue weighted by atomic mass is 32.1. The predicted molar refractivity (Wildman–Crippen MR) is 107 cm³/mol. The number of hydrogen-bond donors (Lipinski definition) is 0. The fourth-order valence-electron chi connectivity index (χ4n) is 2.90. The predicted octanol–water partition coefficient (Wildman–Crippen LogP) is 4.17. The summed E-state index contributed by atoms with van der Waals surface area (Å²) in [4.78, 5) is 24.9. The van der Waals surface area contributed by atoms with Crippen LogP contribution in [0, 0.1) is 6.07 Å². The molecule has 1 heterocycles. The second-order valence-corrected chi connectivity index (χ2v) is 6.97. The second-order valence-electron chi connectivity index (χ2n) is 5.98. The van der Waals surface area contributed by atoms with E-state index in [0.29, 0.717) is 24.3 Å². The second kappa shape index (κ2) is 7.60. The molecule has 0 N–H and O–H groups in total. The van der Waals surface area contributed by atoms with Gasteiger partial charge >= 0.3 is 4.87 Å². The minimum atomic E-state index is -0.0562. The summed E-state index contributed by atoms with van der Waals surface area (Å²) < 4.78 is 8.16. The van der Waals surface area contributed by atoms with Crippen LogP contribution in [0.1, 0.15) is 15.9 Å². The summed E-state index contributed by atoms with van der Waals surface area (Å²) >= 11 is 1.15. The van der Waals surface area contributed by atoms with Gasteiger partial charge in [-0.05, 0) is 36.4 Å². The van der Waals surface area contributed by atoms with E-state index >= 15 is 0 Å². The van der Waals surface area contributed by atoms with Crippen LogP contribution in [-0.4, -0.2) is 17.0 Å². The Morgan fingerprint density at radius 2 is 1.78 bits per heavy atom. The first-order chi connectivity index (χ1) is 13.2. The molecule has 0 aliphatic carbocycles. The van der Waals surface area contributed by atoms with Crippen molar-refractivity contribution in [2.75, 3.05) is 6.61 Å². The molecule has 0 atom stereocenters. The average molecular weight is 374 g/mol. The van der Waals surface area contributed by atoms with Gasteiger partial charge < -0.3 is 4.74 Å². The van der Waals surface area contributed by atoms with Crippen LogP contribution >= 0.6 is 11.3 Å². The van der Waals surface area contributed by atoms with E-state index in [0.717, 1.165) is 27.3 Å². The minimum absolute atomic E-state index is 0.0471. The summed E-state index contributed by atoms with van der Waals surface area (Å²) in [5.74, 6) is 0.700. The number of benzene rings is 3. The Morgan fingerprint density at radius 1 is 1.00 bits per heavy atom. The summed E-state index contributed by atoms with van der Waals surface area (Å²) in [6.45, 7) is 0.837. The van der Waals surface area contributed by atoms with Gasteiger partial charge in [-0.25, -0.2) is 0 Å². The standard InChI is InChI=1S/C22H16NO3S/c24-21(16-7-3-1-4-8-16)17-11-12-19-20(15-17)27-22(25)23(19)13-14-26-18-9-5-2-6-10-18/h1,3-12,15H,13-14H2. The molecule has 1 radical (unpaired) electrons. The Morgan fingerprint density at radius 3 is 2.56 bits per heavy atom. The van der Waals surface area contributed by atoms with Crippen LogP contribution in [0.2, 0.25) is 0 Å². The van der Waals surface area contributed by atoms with Crippen molar-refractivity contribution >= 4 is 27.3 Å². The molecule has 4 aromatic rings. The fraction of sp³-hybridized carbons (Fsp3) is 0.0909. The molecule has 4 rings (SSSR count). The Labute approximate surface area is 160 Å². The molecule has 0 unspecified atom stereocenters. The smallest absolute Gasteiger partial charge is 0.308 e. The lowest BCUT2D eigenvalue weighted by Crippen LogP contribution is -2.17. The van der Waals surface area contributed by atoms with E-state index in [9.17, 15) is 9.59 Å². The number of aromatic nitrogens is 1. The first-order valence-electron chi connectivity index (χ1n) is 8.54. The topological polar surface area (TPSA) is 48.3 Å². The van der Waals surface area contributed by atoms with Gasteiger partial charge in [0.15, 0.2) is 5.78 Å². The van der Waals surface area contributed by atoms with E-state index in [2.05, 4.69) is 6.07 Å². The number of ether oxygens (including phenoxy) is 1. The summed E-state index contributed by atoms with van der Waals surface area (Å²) in [5.41, 5.74) is 2.04. The van der Waals surface area contributed by atoms with E-state index < -0.39 is 0 Å². The molecule has 1 aromatic heterocycles. The SMILES string of the molecule is O=C(c1ccccc1)c1ccc2c(c1)sc(=O)n2CCOc1cc[c]cc1. The molecule has 0 aliphatic heterocycles. The number of carbonyl (C=O) groups is 1.